The van der Waals surface area contributed by atoms with Gasteiger partial charge in [0.15, 0.2) is 0 Å². The first-order valence-electron chi connectivity index (χ1n) is 7.15. The predicted molar refractivity (Wildman–Crippen MR) is 78.0 cm³/mol. The van der Waals surface area contributed by atoms with Crippen LogP contribution in [0, 0.1) is 11.8 Å². The van der Waals surface area contributed by atoms with Crippen molar-refractivity contribution in [1.82, 2.24) is 0 Å². The van der Waals surface area contributed by atoms with Gasteiger partial charge in [-0.15, -0.1) is 0 Å². The first kappa shape index (κ1) is 12.8. The molecule has 3 fully saturated rings. The van der Waals surface area contributed by atoms with Crippen LogP contribution in [0.3, 0.4) is 0 Å². The van der Waals surface area contributed by atoms with Crippen molar-refractivity contribution >= 4 is 27.7 Å². The fourth-order valence-corrected chi connectivity index (χ4v) is 6.25. The quantitative estimate of drug-likeness (QED) is 0.669. The average Bonchev–Trinajstić information content (AvgIpc) is 2.77. The summed E-state index contributed by atoms with van der Waals surface area (Å²) in [7, 11) is 0. The smallest absolute Gasteiger partial charge is 0.0701 e. The summed E-state index contributed by atoms with van der Waals surface area (Å²) in [4.78, 5) is 0.792. The molecule has 98 valence electrons. The third kappa shape index (κ3) is 2.71. The summed E-state index contributed by atoms with van der Waals surface area (Å²) in [6.45, 7) is 1.02. The number of hydrogen-bond acceptors (Lipinski definition) is 2. The first-order chi connectivity index (χ1) is 8.29. The molecule has 0 aromatic heterocycles. The van der Waals surface area contributed by atoms with Gasteiger partial charge in [-0.1, -0.05) is 22.4 Å². The van der Waals surface area contributed by atoms with E-state index in [9.17, 15) is 0 Å². The van der Waals surface area contributed by atoms with E-state index in [-0.39, 0.29) is 5.60 Å². The summed E-state index contributed by atoms with van der Waals surface area (Å²) in [5.41, 5.74) is 0.281. The maximum Gasteiger partial charge on any atom is 0.0701 e. The van der Waals surface area contributed by atoms with E-state index in [4.69, 9.17) is 4.74 Å². The van der Waals surface area contributed by atoms with Crippen LogP contribution >= 0.6 is 27.7 Å². The summed E-state index contributed by atoms with van der Waals surface area (Å²) in [5.74, 6) is 4.49. The lowest BCUT2D eigenvalue weighted by Gasteiger charge is -2.45. The highest BCUT2D eigenvalue weighted by Crippen LogP contribution is 2.47. The second-order valence-electron chi connectivity index (χ2n) is 6.01. The molecule has 3 rings (SSSR count). The normalized spacial score (nSPS) is 41.8. The van der Waals surface area contributed by atoms with Crippen LogP contribution in [0.15, 0.2) is 0 Å². The molecule has 0 radical (unpaired) electrons. The van der Waals surface area contributed by atoms with Crippen molar-refractivity contribution in [2.45, 2.75) is 55.4 Å². The largest absolute Gasteiger partial charge is 0.375 e. The van der Waals surface area contributed by atoms with Crippen LogP contribution in [-0.2, 0) is 4.74 Å². The predicted octanol–water partition coefficient (Wildman–Crippen LogP) is 4.24. The summed E-state index contributed by atoms with van der Waals surface area (Å²) in [5, 5.41) is 0. The highest BCUT2D eigenvalue weighted by molar-refractivity contribution is 9.09. The molecule has 0 aromatic rings. The third-order valence-electron chi connectivity index (χ3n) is 5.02. The Kier molecular flexibility index (Phi) is 4.08. The fraction of sp³-hybridized carbons (Fsp3) is 1.00. The van der Waals surface area contributed by atoms with E-state index in [0.29, 0.717) is 0 Å². The molecule has 3 aliphatic rings. The number of thioether (sulfide) groups is 1. The van der Waals surface area contributed by atoms with Crippen molar-refractivity contribution in [1.29, 1.82) is 0 Å². The van der Waals surface area contributed by atoms with E-state index in [0.717, 1.165) is 23.3 Å². The van der Waals surface area contributed by atoms with Gasteiger partial charge < -0.3 is 4.74 Å². The maximum atomic E-state index is 6.20. The second-order valence-corrected chi connectivity index (χ2v) is 8.41. The van der Waals surface area contributed by atoms with Gasteiger partial charge >= 0.3 is 0 Å². The monoisotopic (exact) mass is 318 g/mol. The van der Waals surface area contributed by atoms with Gasteiger partial charge in [0.2, 0.25) is 0 Å². The summed E-state index contributed by atoms with van der Waals surface area (Å²) in [6, 6.07) is 0. The number of rotatable bonds is 1. The average molecular weight is 319 g/mol. The van der Waals surface area contributed by atoms with Gasteiger partial charge in [-0.25, -0.2) is 0 Å². The van der Waals surface area contributed by atoms with Crippen LogP contribution < -0.4 is 0 Å². The maximum absolute atomic E-state index is 6.20. The van der Waals surface area contributed by atoms with E-state index in [1.165, 1.54) is 56.5 Å². The zero-order valence-corrected chi connectivity index (χ0v) is 12.9. The fourth-order valence-electron chi connectivity index (χ4n) is 4.00. The van der Waals surface area contributed by atoms with Crippen molar-refractivity contribution in [2.24, 2.45) is 11.8 Å². The summed E-state index contributed by atoms with van der Waals surface area (Å²) >= 11 is 6.02. The van der Waals surface area contributed by atoms with Gasteiger partial charge in [0.25, 0.3) is 0 Å². The molecule has 17 heavy (non-hydrogen) atoms. The minimum Gasteiger partial charge on any atom is -0.375 e. The lowest BCUT2D eigenvalue weighted by atomic mass is 9.75. The Balaban J connectivity index is 1.66. The summed E-state index contributed by atoms with van der Waals surface area (Å²) in [6.07, 6.45) is 9.53. The van der Waals surface area contributed by atoms with E-state index in [1.54, 1.807) is 0 Å². The van der Waals surface area contributed by atoms with Crippen LogP contribution in [0.2, 0.25) is 0 Å². The molecule has 3 atom stereocenters. The van der Waals surface area contributed by atoms with Crippen LogP contribution in [-0.4, -0.2) is 28.5 Å². The van der Waals surface area contributed by atoms with Crippen molar-refractivity contribution in [3.63, 3.8) is 0 Å². The number of hydrogen-bond donors (Lipinski definition) is 0. The van der Waals surface area contributed by atoms with Gasteiger partial charge in [0.1, 0.15) is 0 Å². The lowest BCUT2D eigenvalue weighted by Crippen LogP contribution is -2.44. The van der Waals surface area contributed by atoms with Crippen LogP contribution in [0.4, 0.5) is 0 Å². The van der Waals surface area contributed by atoms with Gasteiger partial charge in [-0.3, -0.25) is 0 Å². The molecular formula is C14H23BrOS. The minimum absolute atomic E-state index is 0.281. The van der Waals surface area contributed by atoms with E-state index >= 15 is 0 Å². The van der Waals surface area contributed by atoms with Gasteiger partial charge in [0, 0.05) is 11.4 Å². The van der Waals surface area contributed by atoms with Crippen molar-refractivity contribution in [3.8, 4) is 0 Å². The van der Waals surface area contributed by atoms with E-state index in [1.807, 2.05) is 0 Å². The van der Waals surface area contributed by atoms with Crippen molar-refractivity contribution in [2.75, 3.05) is 18.1 Å². The molecule has 1 aliphatic carbocycles. The Morgan fingerprint density at radius 2 is 1.94 bits per heavy atom. The van der Waals surface area contributed by atoms with Gasteiger partial charge in [0.05, 0.1) is 5.60 Å². The van der Waals surface area contributed by atoms with E-state index < -0.39 is 0 Å². The molecule has 1 nitrogen and oxygen atoms in total. The SMILES string of the molecule is BrC1CCCC1C1CCOC2(CCSCC2)C1. The Hall–Kier alpha value is 0.790. The molecule has 3 heteroatoms. The van der Waals surface area contributed by atoms with Gasteiger partial charge in [-0.05, 0) is 61.9 Å². The standard InChI is InChI=1S/C14H23BrOS/c15-13-3-1-2-12(13)11-4-7-16-14(10-11)5-8-17-9-6-14/h11-13H,1-10H2. The first-order valence-corrected chi connectivity index (χ1v) is 9.22. The van der Waals surface area contributed by atoms with Crippen molar-refractivity contribution < 1.29 is 4.74 Å². The third-order valence-corrected chi connectivity index (χ3v) is 7.15. The Morgan fingerprint density at radius 1 is 1.12 bits per heavy atom. The highest BCUT2D eigenvalue weighted by atomic mass is 79.9. The molecule has 2 heterocycles. The minimum atomic E-state index is 0.281. The highest BCUT2D eigenvalue weighted by Gasteiger charge is 2.43. The van der Waals surface area contributed by atoms with E-state index in [2.05, 4.69) is 27.7 Å². The van der Waals surface area contributed by atoms with Crippen LogP contribution in [0.5, 0.6) is 0 Å². The van der Waals surface area contributed by atoms with Gasteiger partial charge in [-0.2, -0.15) is 11.8 Å². The Morgan fingerprint density at radius 3 is 2.65 bits per heavy atom. The number of alkyl halides is 1. The molecular weight excluding hydrogens is 296 g/mol. The van der Waals surface area contributed by atoms with Crippen LogP contribution in [0.1, 0.15) is 44.9 Å². The molecule has 1 spiro atoms. The Bertz CT molecular complexity index is 259. The van der Waals surface area contributed by atoms with Crippen LogP contribution in [0.25, 0.3) is 0 Å². The number of halogens is 1. The molecule has 0 aromatic carbocycles. The molecule has 2 aliphatic heterocycles. The molecule has 0 bridgehead atoms. The zero-order valence-electron chi connectivity index (χ0n) is 10.5. The molecule has 0 amide bonds. The molecule has 2 saturated heterocycles. The Labute approximate surface area is 118 Å². The molecule has 0 N–H and O–H groups in total. The topological polar surface area (TPSA) is 9.23 Å². The summed E-state index contributed by atoms with van der Waals surface area (Å²) < 4.78 is 6.20. The zero-order chi connectivity index (χ0) is 11.7. The number of ether oxygens (including phenoxy) is 1. The van der Waals surface area contributed by atoms with Crippen molar-refractivity contribution in [3.05, 3.63) is 0 Å². The lowest BCUT2D eigenvalue weighted by molar-refractivity contribution is -0.110. The molecule has 1 saturated carbocycles. The second kappa shape index (κ2) is 5.42. The molecule has 3 unspecified atom stereocenters.